The Labute approximate surface area is 152 Å². The normalized spacial score (nSPS) is 23.9. The summed E-state index contributed by atoms with van der Waals surface area (Å²) >= 11 is 6.45. The molecule has 3 heterocycles. The van der Waals surface area contributed by atoms with Gasteiger partial charge in [0.2, 0.25) is 5.95 Å². The number of nitrogens with zero attached hydrogens (tertiary/aromatic N) is 4. The van der Waals surface area contributed by atoms with E-state index >= 15 is 0 Å². The molecule has 2 aliphatic heterocycles. The van der Waals surface area contributed by atoms with Gasteiger partial charge in [0.05, 0.1) is 11.3 Å². The molecule has 0 bridgehead atoms. The number of nitrogens with one attached hydrogen (secondary N) is 1. The van der Waals surface area contributed by atoms with Crippen molar-refractivity contribution in [3.05, 3.63) is 16.1 Å². The van der Waals surface area contributed by atoms with Crippen LogP contribution >= 0.6 is 11.6 Å². The molecule has 136 valence electrons. The van der Waals surface area contributed by atoms with Gasteiger partial charge < -0.3 is 16.0 Å². The average molecular weight is 385 g/mol. The van der Waals surface area contributed by atoms with Gasteiger partial charge in [0.1, 0.15) is 0 Å². The van der Waals surface area contributed by atoms with Gasteiger partial charge >= 0.3 is 0 Å². The molecule has 1 aromatic rings. The summed E-state index contributed by atoms with van der Waals surface area (Å²) in [6.45, 7) is 2.89. The summed E-state index contributed by atoms with van der Waals surface area (Å²) in [6.07, 6.45) is 5.19. The third kappa shape index (κ3) is 2.74. The Morgan fingerprint density at radius 1 is 1.24 bits per heavy atom. The maximum atomic E-state index is 13.2. The van der Waals surface area contributed by atoms with E-state index in [4.69, 9.17) is 17.3 Å². The van der Waals surface area contributed by atoms with Crippen LogP contribution in [-0.2, 0) is 10.0 Å². The van der Waals surface area contributed by atoms with Crippen molar-refractivity contribution < 1.29 is 8.42 Å². The lowest BCUT2D eigenvalue weighted by atomic mass is 10.1. The molecule has 3 N–H and O–H groups in total. The van der Waals surface area contributed by atoms with Gasteiger partial charge in [-0.15, -0.1) is 0 Å². The van der Waals surface area contributed by atoms with Gasteiger partial charge in [-0.1, -0.05) is 24.4 Å². The first-order valence-corrected chi connectivity index (χ1v) is 10.3. The van der Waals surface area contributed by atoms with Gasteiger partial charge in [-0.25, -0.2) is 9.29 Å². The maximum absolute atomic E-state index is 13.2. The molecular weight excluding hydrogens is 364 g/mol. The fourth-order valence-corrected chi connectivity index (χ4v) is 5.91. The molecule has 0 radical (unpaired) electrons. The first kappa shape index (κ1) is 16.9. The first-order chi connectivity index (χ1) is 12.0. The molecule has 0 unspecified atom stereocenters. The Hall–Kier alpha value is -1.58. The Kier molecular flexibility index (Phi) is 4.25. The molecule has 10 heteroatoms. The molecule has 0 spiro atoms. The number of hydrogen-bond acceptors (Lipinski definition) is 7. The third-order valence-corrected chi connectivity index (χ3v) is 7.41. The van der Waals surface area contributed by atoms with Crippen molar-refractivity contribution in [1.29, 1.82) is 0 Å². The van der Waals surface area contributed by atoms with E-state index in [1.807, 2.05) is 4.90 Å². The zero-order chi connectivity index (χ0) is 17.6. The molecule has 0 aromatic carbocycles. The average Bonchev–Trinajstić information content (AvgIpc) is 3.11. The molecule has 8 nitrogen and oxygen atoms in total. The minimum atomic E-state index is -3.84. The highest BCUT2D eigenvalue weighted by Gasteiger charge is 2.44. The number of piperazine rings is 1. The number of fused-ring (bicyclic) bond motifs is 1. The fraction of sp³-hybridized carbons (Fsp3) is 0.600. The third-order valence-electron chi connectivity index (χ3n) is 5.01. The van der Waals surface area contributed by atoms with Crippen LogP contribution < -0.4 is 15.4 Å². The van der Waals surface area contributed by atoms with E-state index in [-0.39, 0.29) is 16.4 Å². The van der Waals surface area contributed by atoms with Gasteiger partial charge in [-0.2, -0.15) is 13.4 Å². The van der Waals surface area contributed by atoms with E-state index in [1.165, 1.54) is 4.31 Å². The van der Waals surface area contributed by atoms with E-state index in [1.54, 1.807) is 6.20 Å². The van der Waals surface area contributed by atoms with Crippen LogP contribution in [0.1, 0.15) is 31.2 Å². The second-order valence-electron chi connectivity index (χ2n) is 6.56. The summed E-state index contributed by atoms with van der Waals surface area (Å²) in [5.74, 6) is 0.423. The highest BCUT2D eigenvalue weighted by atomic mass is 35.5. The molecule has 1 saturated heterocycles. The molecule has 1 aliphatic carbocycles. The minimum Gasteiger partial charge on any atom is -0.368 e. The second-order valence-corrected chi connectivity index (χ2v) is 8.92. The van der Waals surface area contributed by atoms with Gasteiger partial charge in [0.15, 0.2) is 10.2 Å². The Morgan fingerprint density at radius 2 is 1.92 bits per heavy atom. The van der Waals surface area contributed by atoms with Gasteiger partial charge in [0, 0.05) is 38.4 Å². The summed E-state index contributed by atoms with van der Waals surface area (Å²) in [5.41, 5.74) is 6.91. The molecule has 3 aliphatic rings. The number of anilines is 2. The van der Waals surface area contributed by atoms with Crippen LogP contribution in [0.25, 0.3) is 5.70 Å². The summed E-state index contributed by atoms with van der Waals surface area (Å²) in [7, 11) is -3.84. The van der Waals surface area contributed by atoms with Crippen molar-refractivity contribution in [2.75, 3.05) is 36.2 Å². The van der Waals surface area contributed by atoms with E-state index < -0.39 is 10.0 Å². The molecule has 2 fully saturated rings. The SMILES string of the molecule is Nc1ncc2c(n1)N(C1CCCC1)S(=O)(=O)C(Cl)=C2N1CCNCC1. The molecule has 0 amide bonds. The van der Waals surface area contributed by atoms with Crippen LogP contribution in [-0.4, -0.2) is 55.5 Å². The fourth-order valence-electron chi connectivity index (χ4n) is 3.84. The van der Waals surface area contributed by atoms with Crippen LogP contribution in [0.4, 0.5) is 11.8 Å². The largest absolute Gasteiger partial charge is 0.368 e. The van der Waals surface area contributed by atoms with Gasteiger partial charge in [0.25, 0.3) is 10.0 Å². The minimum absolute atomic E-state index is 0.0645. The molecule has 0 atom stereocenters. The van der Waals surface area contributed by atoms with Gasteiger partial charge in [-0.05, 0) is 12.8 Å². The quantitative estimate of drug-likeness (QED) is 0.781. The second kappa shape index (κ2) is 6.30. The number of nitrogen functional groups attached to an aromatic ring is 1. The molecule has 1 aromatic heterocycles. The first-order valence-electron chi connectivity index (χ1n) is 8.53. The zero-order valence-corrected chi connectivity index (χ0v) is 15.4. The van der Waals surface area contributed by atoms with Crippen LogP contribution in [0, 0.1) is 0 Å². The summed E-state index contributed by atoms with van der Waals surface area (Å²) in [5, 5.41) is 3.26. The predicted octanol–water partition coefficient (Wildman–Crippen LogP) is 0.921. The number of hydrogen-bond donors (Lipinski definition) is 2. The summed E-state index contributed by atoms with van der Waals surface area (Å²) in [6, 6.07) is -0.128. The van der Waals surface area contributed by atoms with Crippen molar-refractivity contribution in [3.63, 3.8) is 0 Å². The van der Waals surface area contributed by atoms with Crippen molar-refractivity contribution >= 4 is 39.1 Å². The van der Waals surface area contributed by atoms with Crippen molar-refractivity contribution in [3.8, 4) is 0 Å². The van der Waals surface area contributed by atoms with Crippen LogP contribution in [0.5, 0.6) is 0 Å². The van der Waals surface area contributed by atoms with Crippen LogP contribution in [0.15, 0.2) is 10.6 Å². The highest BCUT2D eigenvalue weighted by molar-refractivity contribution is 7.98. The Balaban J connectivity index is 1.90. The van der Waals surface area contributed by atoms with E-state index in [0.29, 0.717) is 30.2 Å². The number of halogens is 1. The number of aromatic nitrogens is 2. The van der Waals surface area contributed by atoms with Crippen LogP contribution in [0.3, 0.4) is 0 Å². The molecule has 4 rings (SSSR count). The Morgan fingerprint density at radius 3 is 2.60 bits per heavy atom. The number of rotatable bonds is 2. The summed E-state index contributed by atoms with van der Waals surface area (Å²) < 4.78 is 27.7. The topological polar surface area (TPSA) is 104 Å². The monoisotopic (exact) mass is 384 g/mol. The highest BCUT2D eigenvalue weighted by Crippen LogP contribution is 2.44. The van der Waals surface area contributed by atoms with Crippen molar-refractivity contribution in [2.45, 2.75) is 31.7 Å². The maximum Gasteiger partial charge on any atom is 0.278 e. The zero-order valence-electron chi connectivity index (χ0n) is 13.8. The summed E-state index contributed by atoms with van der Waals surface area (Å²) in [4.78, 5) is 10.4. The molecular formula is C15H21ClN6O2S. The number of nitrogens with two attached hydrogens (primary N) is 1. The van der Waals surface area contributed by atoms with Gasteiger partial charge in [-0.3, -0.25) is 0 Å². The lowest BCUT2D eigenvalue weighted by Gasteiger charge is -2.39. The van der Waals surface area contributed by atoms with E-state index in [0.717, 1.165) is 38.8 Å². The molecule has 25 heavy (non-hydrogen) atoms. The Bertz CT molecular complexity index is 815. The van der Waals surface area contributed by atoms with E-state index in [2.05, 4.69) is 15.3 Å². The number of sulfonamides is 1. The predicted molar refractivity (Wildman–Crippen MR) is 97.3 cm³/mol. The molecule has 1 saturated carbocycles. The van der Waals surface area contributed by atoms with Crippen molar-refractivity contribution in [1.82, 2.24) is 20.2 Å². The standard InChI is InChI=1S/C15H21ClN6O2S/c16-13-12(21-7-5-18-6-8-21)11-9-19-15(17)20-14(11)22(25(13,23)24)10-3-1-2-4-10/h9-10,18H,1-8H2,(H2,17,19,20). The van der Waals surface area contributed by atoms with Crippen molar-refractivity contribution in [2.24, 2.45) is 0 Å². The lowest BCUT2D eigenvalue weighted by Crippen LogP contribution is -2.47. The smallest absolute Gasteiger partial charge is 0.278 e. The van der Waals surface area contributed by atoms with Crippen LogP contribution in [0.2, 0.25) is 0 Å². The lowest BCUT2D eigenvalue weighted by molar-refractivity contribution is 0.340. The van der Waals surface area contributed by atoms with E-state index in [9.17, 15) is 8.42 Å².